The summed E-state index contributed by atoms with van der Waals surface area (Å²) >= 11 is 0. The Bertz CT molecular complexity index is 341. The van der Waals surface area contributed by atoms with Gasteiger partial charge in [-0.1, -0.05) is 43.5 Å². The second kappa shape index (κ2) is 6.91. The zero-order chi connectivity index (χ0) is 12.8. The van der Waals surface area contributed by atoms with Gasteiger partial charge in [0.2, 0.25) is 0 Å². The molecule has 1 aromatic rings. The standard InChI is InChI=1S/C16H25NO/c17-12-4-7-16(18)15-10-8-14(9-11-15)13-5-2-1-3-6-13/h8-11,13,16,18H,1-7,12,17H2. The summed E-state index contributed by atoms with van der Waals surface area (Å²) in [6.45, 7) is 0.650. The fraction of sp³-hybridized carbons (Fsp3) is 0.625. The fourth-order valence-corrected chi connectivity index (χ4v) is 2.90. The molecule has 1 aliphatic carbocycles. The maximum absolute atomic E-state index is 10.00. The van der Waals surface area contributed by atoms with E-state index in [1.165, 1.54) is 37.7 Å². The summed E-state index contributed by atoms with van der Waals surface area (Å²) in [6.07, 6.45) is 8.08. The third-order valence-electron chi connectivity index (χ3n) is 4.08. The molecule has 2 heteroatoms. The van der Waals surface area contributed by atoms with Crippen LogP contribution in [0.3, 0.4) is 0 Å². The summed E-state index contributed by atoms with van der Waals surface area (Å²) in [5.41, 5.74) is 7.94. The first-order valence-electron chi connectivity index (χ1n) is 7.29. The number of nitrogens with two attached hydrogens (primary N) is 1. The Balaban J connectivity index is 1.95. The maximum Gasteiger partial charge on any atom is 0.0790 e. The van der Waals surface area contributed by atoms with Gasteiger partial charge in [0, 0.05) is 0 Å². The van der Waals surface area contributed by atoms with E-state index in [0.717, 1.165) is 24.3 Å². The van der Waals surface area contributed by atoms with E-state index in [1.807, 2.05) is 0 Å². The van der Waals surface area contributed by atoms with Crippen LogP contribution in [0.4, 0.5) is 0 Å². The molecule has 0 heterocycles. The number of aliphatic hydroxyl groups is 1. The van der Waals surface area contributed by atoms with Gasteiger partial charge in [-0.25, -0.2) is 0 Å². The van der Waals surface area contributed by atoms with Crippen molar-refractivity contribution >= 4 is 0 Å². The van der Waals surface area contributed by atoms with E-state index in [4.69, 9.17) is 5.73 Å². The third-order valence-corrected chi connectivity index (χ3v) is 4.08. The van der Waals surface area contributed by atoms with E-state index in [-0.39, 0.29) is 6.10 Å². The van der Waals surface area contributed by atoms with Gasteiger partial charge in [-0.3, -0.25) is 0 Å². The number of hydrogen-bond donors (Lipinski definition) is 2. The van der Waals surface area contributed by atoms with Gasteiger partial charge >= 0.3 is 0 Å². The predicted octanol–water partition coefficient (Wildman–Crippen LogP) is 3.51. The molecule has 2 nitrogen and oxygen atoms in total. The van der Waals surface area contributed by atoms with Gasteiger partial charge in [0.05, 0.1) is 6.10 Å². The maximum atomic E-state index is 10.00. The van der Waals surface area contributed by atoms with Crippen molar-refractivity contribution in [2.75, 3.05) is 6.54 Å². The highest BCUT2D eigenvalue weighted by atomic mass is 16.3. The average molecular weight is 247 g/mol. The molecule has 1 aliphatic rings. The van der Waals surface area contributed by atoms with Crippen molar-refractivity contribution < 1.29 is 5.11 Å². The zero-order valence-corrected chi connectivity index (χ0v) is 11.1. The Morgan fingerprint density at radius 3 is 2.39 bits per heavy atom. The van der Waals surface area contributed by atoms with Crippen LogP contribution in [0.2, 0.25) is 0 Å². The molecule has 0 radical (unpaired) electrons. The minimum atomic E-state index is -0.353. The molecule has 0 amide bonds. The number of rotatable bonds is 5. The topological polar surface area (TPSA) is 46.2 Å². The van der Waals surface area contributed by atoms with Crippen molar-refractivity contribution in [1.82, 2.24) is 0 Å². The summed E-state index contributed by atoms with van der Waals surface area (Å²) in [5.74, 6) is 0.744. The Morgan fingerprint density at radius 1 is 1.11 bits per heavy atom. The average Bonchev–Trinajstić information content (AvgIpc) is 2.46. The molecule has 0 aliphatic heterocycles. The number of benzene rings is 1. The summed E-state index contributed by atoms with van der Waals surface area (Å²) < 4.78 is 0. The zero-order valence-electron chi connectivity index (χ0n) is 11.1. The van der Waals surface area contributed by atoms with Crippen LogP contribution < -0.4 is 5.73 Å². The van der Waals surface area contributed by atoms with Gasteiger partial charge in [-0.2, -0.15) is 0 Å². The summed E-state index contributed by atoms with van der Waals surface area (Å²) in [7, 11) is 0. The molecule has 1 unspecified atom stereocenters. The van der Waals surface area contributed by atoms with Gasteiger partial charge in [-0.15, -0.1) is 0 Å². The Morgan fingerprint density at radius 2 is 1.78 bits per heavy atom. The van der Waals surface area contributed by atoms with Crippen molar-refractivity contribution in [2.24, 2.45) is 5.73 Å². The lowest BCUT2D eigenvalue weighted by atomic mass is 9.83. The third kappa shape index (κ3) is 3.56. The van der Waals surface area contributed by atoms with Gasteiger partial charge in [0.15, 0.2) is 0 Å². The van der Waals surface area contributed by atoms with Crippen molar-refractivity contribution in [3.8, 4) is 0 Å². The Kier molecular flexibility index (Phi) is 5.21. The predicted molar refractivity (Wildman–Crippen MR) is 75.5 cm³/mol. The van der Waals surface area contributed by atoms with Crippen LogP contribution in [0.1, 0.15) is 68.1 Å². The summed E-state index contributed by atoms with van der Waals surface area (Å²) in [6, 6.07) is 8.59. The van der Waals surface area contributed by atoms with E-state index in [9.17, 15) is 5.11 Å². The van der Waals surface area contributed by atoms with Gasteiger partial charge in [0.25, 0.3) is 0 Å². The van der Waals surface area contributed by atoms with Gasteiger partial charge in [0.1, 0.15) is 0 Å². The Hall–Kier alpha value is -0.860. The SMILES string of the molecule is NCCCC(O)c1ccc(C2CCCCC2)cc1. The Labute approximate surface area is 110 Å². The van der Waals surface area contributed by atoms with Crippen molar-refractivity contribution in [1.29, 1.82) is 0 Å². The molecule has 100 valence electrons. The van der Waals surface area contributed by atoms with Crippen molar-refractivity contribution in [2.45, 2.75) is 57.0 Å². The molecule has 2 rings (SSSR count). The number of hydrogen-bond acceptors (Lipinski definition) is 2. The molecular formula is C16H25NO. The minimum absolute atomic E-state index is 0.353. The smallest absolute Gasteiger partial charge is 0.0790 e. The fourth-order valence-electron chi connectivity index (χ4n) is 2.90. The van der Waals surface area contributed by atoms with Crippen LogP contribution in [-0.2, 0) is 0 Å². The molecule has 1 fully saturated rings. The molecule has 0 spiro atoms. The second-order valence-corrected chi connectivity index (χ2v) is 5.45. The largest absolute Gasteiger partial charge is 0.388 e. The van der Waals surface area contributed by atoms with Crippen LogP contribution in [0.5, 0.6) is 0 Å². The highest BCUT2D eigenvalue weighted by molar-refractivity contribution is 5.27. The molecule has 0 saturated heterocycles. The first kappa shape index (κ1) is 13.6. The summed E-state index contributed by atoms with van der Waals surface area (Å²) in [5, 5.41) is 10.00. The van der Waals surface area contributed by atoms with Crippen LogP contribution in [0, 0.1) is 0 Å². The van der Waals surface area contributed by atoms with Crippen molar-refractivity contribution in [3.63, 3.8) is 0 Å². The highest BCUT2D eigenvalue weighted by Gasteiger charge is 2.15. The lowest BCUT2D eigenvalue weighted by molar-refractivity contribution is 0.165. The van der Waals surface area contributed by atoms with E-state index < -0.39 is 0 Å². The van der Waals surface area contributed by atoms with E-state index in [0.29, 0.717) is 6.54 Å². The monoisotopic (exact) mass is 247 g/mol. The lowest BCUT2D eigenvalue weighted by Gasteiger charge is -2.22. The lowest BCUT2D eigenvalue weighted by Crippen LogP contribution is -2.06. The van der Waals surface area contributed by atoms with E-state index >= 15 is 0 Å². The normalized spacial score (nSPS) is 18.8. The molecule has 1 atom stereocenters. The molecule has 1 saturated carbocycles. The highest BCUT2D eigenvalue weighted by Crippen LogP contribution is 2.33. The minimum Gasteiger partial charge on any atom is -0.388 e. The molecule has 18 heavy (non-hydrogen) atoms. The van der Waals surface area contributed by atoms with Crippen LogP contribution in [-0.4, -0.2) is 11.7 Å². The molecule has 0 bridgehead atoms. The van der Waals surface area contributed by atoms with Gasteiger partial charge in [-0.05, 0) is 49.3 Å². The first-order valence-corrected chi connectivity index (χ1v) is 7.29. The second-order valence-electron chi connectivity index (χ2n) is 5.45. The van der Waals surface area contributed by atoms with Crippen LogP contribution >= 0.6 is 0 Å². The quantitative estimate of drug-likeness (QED) is 0.836. The van der Waals surface area contributed by atoms with E-state index in [1.54, 1.807) is 0 Å². The summed E-state index contributed by atoms with van der Waals surface area (Å²) in [4.78, 5) is 0. The molecule has 0 aromatic heterocycles. The van der Waals surface area contributed by atoms with Crippen LogP contribution in [0.15, 0.2) is 24.3 Å². The molecular weight excluding hydrogens is 222 g/mol. The van der Waals surface area contributed by atoms with Gasteiger partial charge < -0.3 is 10.8 Å². The first-order chi connectivity index (χ1) is 8.81. The van der Waals surface area contributed by atoms with Crippen LogP contribution in [0.25, 0.3) is 0 Å². The molecule has 3 N–H and O–H groups in total. The van der Waals surface area contributed by atoms with E-state index in [2.05, 4.69) is 24.3 Å². The van der Waals surface area contributed by atoms with Crippen molar-refractivity contribution in [3.05, 3.63) is 35.4 Å². The number of aliphatic hydroxyl groups excluding tert-OH is 1. The molecule has 1 aromatic carbocycles.